The number of amides is 1. The molecule has 0 N–H and O–H groups in total. The number of hydrogen-bond donors (Lipinski definition) is 0. The minimum Gasteiger partial charge on any atom is -0.342 e. The van der Waals surface area contributed by atoms with Gasteiger partial charge in [-0.2, -0.15) is 4.99 Å². The smallest absolute Gasteiger partial charge is 0.252 e. The van der Waals surface area contributed by atoms with Crippen LogP contribution in [0, 0.1) is 0 Å². The van der Waals surface area contributed by atoms with Crippen LogP contribution in [0.25, 0.3) is 0 Å². The zero-order valence-electron chi connectivity index (χ0n) is 15.3. The molecule has 0 unspecified atom stereocenters. The molecule has 1 amide bonds. The molecule has 2 aromatic carbocycles. The van der Waals surface area contributed by atoms with Gasteiger partial charge < -0.3 is 4.90 Å². The van der Waals surface area contributed by atoms with Gasteiger partial charge in [-0.25, -0.2) is 8.42 Å². The molecule has 2 aliphatic rings. The van der Waals surface area contributed by atoms with E-state index in [1.807, 2.05) is 17.0 Å². The van der Waals surface area contributed by atoms with Crippen LogP contribution in [0.4, 0.5) is 0 Å². The Morgan fingerprint density at radius 2 is 1.59 bits per heavy atom. The van der Waals surface area contributed by atoms with Crippen LogP contribution in [0.3, 0.4) is 0 Å². The molecule has 2 heterocycles. The van der Waals surface area contributed by atoms with Crippen molar-refractivity contribution in [3.63, 3.8) is 0 Å². The summed E-state index contributed by atoms with van der Waals surface area (Å²) in [7, 11) is -3.08. The van der Waals surface area contributed by atoms with E-state index >= 15 is 0 Å². The minimum absolute atomic E-state index is 0.0860. The average Bonchev–Trinajstić information content (AvgIpc) is 3.11. The lowest BCUT2D eigenvalue weighted by Crippen LogP contribution is -2.37. The quantitative estimate of drug-likeness (QED) is 0.681. The topological polar surface area (TPSA) is 66.8 Å². The van der Waals surface area contributed by atoms with Crippen LogP contribution in [0.15, 0.2) is 53.5 Å². The highest BCUT2D eigenvalue weighted by Crippen LogP contribution is 2.39. The van der Waals surface area contributed by atoms with E-state index in [1.54, 1.807) is 36.4 Å². The van der Waals surface area contributed by atoms with E-state index in [0.717, 1.165) is 11.1 Å². The highest BCUT2D eigenvalue weighted by atomic mass is 35.5. The van der Waals surface area contributed by atoms with Gasteiger partial charge >= 0.3 is 0 Å². The number of carbonyl (C=O) groups is 1. The fourth-order valence-electron chi connectivity index (χ4n) is 3.53. The second kappa shape index (κ2) is 8.30. The molecule has 29 heavy (non-hydrogen) atoms. The maximum atomic E-state index is 12.5. The highest BCUT2D eigenvalue weighted by Gasteiger charge is 2.48. The number of nitrogens with zero attached hydrogens (tertiary/aromatic N) is 2. The summed E-state index contributed by atoms with van der Waals surface area (Å²) in [5.41, 5.74) is 1.82. The second-order valence-corrected chi connectivity index (χ2v) is 11.4. The van der Waals surface area contributed by atoms with Crippen LogP contribution < -0.4 is 0 Å². The van der Waals surface area contributed by atoms with Crippen molar-refractivity contribution in [2.75, 3.05) is 11.5 Å². The van der Waals surface area contributed by atoms with Crippen molar-refractivity contribution in [3.8, 4) is 0 Å². The summed E-state index contributed by atoms with van der Waals surface area (Å²) in [4.78, 5) is 18.8. The summed E-state index contributed by atoms with van der Waals surface area (Å²) in [6.45, 7) is 0.480. The molecule has 2 aliphatic heterocycles. The Balaban J connectivity index is 1.56. The number of thioether (sulfide) groups is 1. The Morgan fingerprint density at radius 1 is 1.00 bits per heavy atom. The number of carbonyl (C=O) groups excluding carboxylic acids is 1. The number of amidine groups is 1. The summed E-state index contributed by atoms with van der Waals surface area (Å²) in [6, 6.07) is 14.3. The van der Waals surface area contributed by atoms with Gasteiger partial charge in [0.25, 0.3) is 5.91 Å². The molecule has 0 radical (unpaired) electrons. The van der Waals surface area contributed by atoms with E-state index in [0.29, 0.717) is 21.8 Å². The Bertz CT molecular complexity index is 1050. The number of hydrogen-bond acceptors (Lipinski definition) is 4. The van der Waals surface area contributed by atoms with Crippen molar-refractivity contribution in [2.24, 2.45) is 4.99 Å². The number of halogens is 2. The lowest BCUT2D eigenvalue weighted by Gasteiger charge is -2.24. The van der Waals surface area contributed by atoms with Crippen molar-refractivity contribution in [1.29, 1.82) is 0 Å². The molecule has 2 aromatic rings. The van der Waals surface area contributed by atoms with Gasteiger partial charge in [0.2, 0.25) is 0 Å². The minimum atomic E-state index is -3.08. The van der Waals surface area contributed by atoms with Gasteiger partial charge in [0.1, 0.15) is 0 Å². The third kappa shape index (κ3) is 4.97. The van der Waals surface area contributed by atoms with Gasteiger partial charge in [-0.3, -0.25) is 4.79 Å². The van der Waals surface area contributed by atoms with Gasteiger partial charge in [-0.1, -0.05) is 59.2 Å². The highest BCUT2D eigenvalue weighted by molar-refractivity contribution is 8.15. The first kappa shape index (κ1) is 20.7. The molecule has 5 nitrogen and oxygen atoms in total. The third-order valence-electron chi connectivity index (χ3n) is 4.93. The van der Waals surface area contributed by atoms with Crippen LogP contribution in [0.1, 0.15) is 11.1 Å². The Labute approximate surface area is 184 Å². The van der Waals surface area contributed by atoms with Crippen molar-refractivity contribution in [2.45, 2.75) is 24.3 Å². The fourth-order valence-corrected chi connectivity index (χ4v) is 7.75. The first-order chi connectivity index (χ1) is 13.8. The molecule has 0 aromatic heterocycles. The number of aliphatic imine (C=N–C) groups is 1. The van der Waals surface area contributed by atoms with E-state index in [-0.39, 0.29) is 35.1 Å². The molecule has 0 saturated carbocycles. The Hall–Kier alpha value is -1.54. The predicted octanol–water partition coefficient (Wildman–Crippen LogP) is 3.83. The number of rotatable bonds is 4. The number of benzene rings is 2. The number of fused-ring (bicyclic) bond motifs is 1. The van der Waals surface area contributed by atoms with Gasteiger partial charge in [0.15, 0.2) is 15.0 Å². The van der Waals surface area contributed by atoms with Gasteiger partial charge in [0.05, 0.1) is 24.0 Å². The van der Waals surface area contributed by atoms with Crippen molar-refractivity contribution < 1.29 is 13.2 Å². The van der Waals surface area contributed by atoms with E-state index in [9.17, 15) is 13.2 Å². The maximum Gasteiger partial charge on any atom is 0.252 e. The largest absolute Gasteiger partial charge is 0.342 e. The third-order valence-corrected chi connectivity index (χ3v) is 8.68. The van der Waals surface area contributed by atoms with Crippen molar-refractivity contribution in [1.82, 2.24) is 4.90 Å². The molecule has 0 bridgehead atoms. The zero-order valence-corrected chi connectivity index (χ0v) is 18.4. The van der Waals surface area contributed by atoms with Crippen LogP contribution in [0.2, 0.25) is 10.0 Å². The lowest BCUT2D eigenvalue weighted by atomic mass is 10.1. The molecule has 4 rings (SSSR count). The molecule has 9 heteroatoms. The summed E-state index contributed by atoms with van der Waals surface area (Å²) < 4.78 is 24.2. The van der Waals surface area contributed by atoms with Crippen LogP contribution in [0.5, 0.6) is 0 Å². The zero-order chi connectivity index (χ0) is 20.6. The molecule has 0 spiro atoms. The molecule has 2 fully saturated rings. The van der Waals surface area contributed by atoms with Crippen LogP contribution in [-0.4, -0.2) is 47.2 Å². The molecule has 2 atom stereocenters. The maximum absolute atomic E-state index is 12.5. The van der Waals surface area contributed by atoms with Crippen molar-refractivity contribution >= 4 is 55.9 Å². The number of sulfone groups is 1. The van der Waals surface area contributed by atoms with E-state index in [4.69, 9.17) is 23.2 Å². The summed E-state index contributed by atoms with van der Waals surface area (Å²) in [5, 5.41) is 1.73. The Kier molecular flexibility index (Phi) is 5.93. The fraction of sp³-hybridized carbons (Fsp3) is 0.300. The normalized spacial score (nSPS) is 24.1. The first-order valence-corrected chi connectivity index (χ1v) is 12.5. The molecule has 152 valence electrons. The average molecular weight is 469 g/mol. The molecule has 2 saturated heterocycles. The van der Waals surface area contributed by atoms with Gasteiger partial charge in [0, 0.05) is 21.8 Å². The van der Waals surface area contributed by atoms with Gasteiger partial charge in [-0.15, -0.1) is 0 Å². The molecular weight excluding hydrogens is 451 g/mol. The summed E-state index contributed by atoms with van der Waals surface area (Å²) in [5.74, 6) is -0.0641. The standard InChI is InChI=1S/C20H18Cl2N2O3S2/c21-15-5-1-13(2-6-15)9-19(25)23-20-24(10-14-3-7-16(22)8-4-14)17-11-29(26,27)12-18(17)28-20/h1-8,17-18H,9-12H2/t17-,18+/m1/s1. The van der Waals surface area contributed by atoms with Crippen LogP contribution in [-0.2, 0) is 27.6 Å². The van der Waals surface area contributed by atoms with E-state index in [2.05, 4.69) is 4.99 Å². The molecular formula is C20H18Cl2N2O3S2. The Morgan fingerprint density at radius 3 is 2.21 bits per heavy atom. The van der Waals surface area contributed by atoms with Gasteiger partial charge in [-0.05, 0) is 35.4 Å². The summed E-state index contributed by atoms with van der Waals surface area (Å²) in [6.07, 6.45) is 0.170. The predicted molar refractivity (Wildman–Crippen MR) is 118 cm³/mol. The van der Waals surface area contributed by atoms with Crippen molar-refractivity contribution in [3.05, 3.63) is 69.7 Å². The first-order valence-electron chi connectivity index (χ1n) is 9.03. The van der Waals surface area contributed by atoms with Crippen LogP contribution >= 0.6 is 35.0 Å². The van der Waals surface area contributed by atoms with E-state index < -0.39 is 9.84 Å². The SMILES string of the molecule is O=C(Cc1ccc(Cl)cc1)N=C1S[C@H]2CS(=O)(=O)C[C@H]2N1Cc1ccc(Cl)cc1. The second-order valence-electron chi connectivity index (χ2n) is 7.15. The monoisotopic (exact) mass is 468 g/mol. The summed E-state index contributed by atoms with van der Waals surface area (Å²) >= 11 is 13.2. The lowest BCUT2D eigenvalue weighted by molar-refractivity contribution is -0.117. The van der Waals surface area contributed by atoms with E-state index in [1.165, 1.54) is 11.8 Å². The molecule has 0 aliphatic carbocycles.